The normalized spacial score (nSPS) is 11.5. The predicted molar refractivity (Wildman–Crippen MR) is 120 cm³/mol. The standard InChI is InChI=1S/C22H20N2O4S2/c1-14-10-17-16(13-28-20(17)11-15(14)2)12-21(25)23-18-6-3-4-7-19(18)24-30(26,27)22-8-5-9-29-22/h3-11,13,24H,12H2,1-2H3,(H,23,25). The lowest BCUT2D eigenvalue weighted by Crippen LogP contribution is -2.17. The molecule has 0 bridgehead atoms. The summed E-state index contributed by atoms with van der Waals surface area (Å²) >= 11 is 1.13. The summed E-state index contributed by atoms with van der Waals surface area (Å²) in [6.07, 6.45) is 1.70. The molecular formula is C22H20N2O4S2. The van der Waals surface area contributed by atoms with Gasteiger partial charge in [0.2, 0.25) is 5.91 Å². The third-order valence-corrected chi connectivity index (χ3v) is 7.59. The number of rotatable bonds is 6. The van der Waals surface area contributed by atoms with Gasteiger partial charge in [0.05, 0.1) is 24.1 Å². The van der Waals surface area contributed by atoms with E-state index in [4.69, 9.17) is 4.42 Å². The fourth-order valence-corrected chi connectivity index (χ4v) is 5.21. The molecule has 4 aromatic rings. The van der Waals surface area contributed by atoms with Crippen LogP contribution in [0.15, 0.2) is 68.8 Å². The molecular weight excluding hydrogens is 420 g/mol. The van der Waals surface area contributed by atoms with Gasteiger partial charge in [-0.2, -0.15) is 0 Å². The Labute approximate surface area is 178 Å². The SMILES string of the molecule is Cc1cc2occ(CC(=O)Nc3ccccc3NS(=O)(=O)c3cccs3)c2cc1C. The number of anilines is 2. The molecule has 0 radical (unpaired) electrons. The molecule has 0 saturated carbocycles. The highest BCUT2D eigenvalue weighted by Crippen LogP contribution is 2.28. The molecule has 0 aliphatic carbocycles. The second-order valence-corrected chi connectivity index (χ2v) is 9.86. The Hall–Kier alpha value is -3.10. The summed E-state index contributed by atoms with van der Waals surface area (Å²) < 4.78 is 33.4. The number of aryl methyl sites for hydroxylation is 2. The molecule has 0 aliphatic rings. The van der Waals surface area contributed by atoms with Crippen molar-refractivity contribution in [2.45, 2.75) is 24.5 Å². The third-order valence-electron chi connectivity index (χ3n) is 4.83. The summed E-state index contributed by atoms with van der Waals surface area (Å²) in [5, 5.41) is 5.40. The number of nitrogens with one attached hydrogen (secondary N) is 2. The molecule has 2 N–H and O–H groups in total. The summed E-state index contributed by atoms with van der Waals surface area (Å²) in [5.41, 5.74) is 4.47. The monoisotopic (exact) mass is 440 g/mol. The van der Waals surface area contributed by atoms with Gasteiger partial charge in [0.25, 0.3) is 10.0 Å². The highest BCUT2D eigenvalue weighted by Gasteiger charge is 2.18. The van der Waals surface area contributed by atoms with Crippen molar-refractivity contribution in [1.82, 2.24) is 0 Å². The predicted octanol–water partition coefficient (Wildman–Crippen LogP) is 5.09. The van der Waals surface area contributed by atoms with Gasteiger partial charge in [0.1, 0.15) is 9.79 Å². The quantitative estimate of drug-likeness (QED) is 0.437. The molecule has 2 aromatic heterocycles. The van der Waals surface area contributed by atoms with E-state index in [2.05, 4.69) is 10.0 Å². The number of carbonyl (C=O) groups is 1. The lowest BCUT2D eigenvalue weighted by Gasteiger charge is -2.12. The van der Waals surface area contributed by atoms with Gasteiger partial charge in [0.15, 0.2) is 0 Å². The lowest BCUT2D eigenvalue weighted by molar-refractivity contribution is -0.115. The summed E-state index contributed by atoms with van der Waals surface area (Å²) in [5.74, 6) is -0.265. The molecule has 6 nitrogen and oxygen atoms in total. The van der Waals surface area contributed by atoms with Crippen molar-refractivity contribution >= 4 is 49.6 Å². The van der Waals surface area contributed by atoms with E-state index in [1.165, 1.54) is 6.07 Å². The Morgan fingerprint density at radius 3 is 2.50 bits per heavy atom. The number of hydrogen-bond donors (Lipinski definition) is 2. The number of hydrogen-bond acceptors (Lipinski definition) is 5. The van der Waals surface area contributed by atoms with Gasteiger partial charge in [-0.05, 0) is 60.7 Å². The smallest absolute Gasteiger partial charge is 0.271 e. The number of sulfonamides is 1. The van der Waals surface area contributed by atoms with Crippen LogP contribution in [0.1, 0.15) is 16.7 Å². The molecule has 1 amide bonds. The maximum atomic E-state index is 12.7. The van der Waals surface area contributed by atoms with Crippen LogP contribution in [0.2, 0.25) is 0 Å². The summed E-state index contributed by atoms with van der Waals surface area (Å²) in [7, 11) is -3.71. The number of furan rings is 1. The van der Waals surface area contributed by atoms with Crippen LogP contribution >= 0.6 is 11.3 Å². The first-order chi connectivity index (χ1) is 14.3. The number of para-hydroxylation sites is 2. The lowest BCUT2D eigenvalue weighted by atomic mass is 10.0. The van der Waals surface area contributed by atoms with Gasteiger partial charge < -0.3 is 9.73 Å². The van der Waals surface area contributed by atoms with Crippen molar-refractivity contribution in [2.24, 2.45) is 0 Å². The minimum atomic E-state index is -3.71. The number of benzene rings is 2. The molecule has 154 valence electrons. The van der Waals surface area contributed by atoms with Crippen molar-refractivity contribution in [3.63, 3.8) is 0 Å². The van der Waals surface area contributed by atoms with Crippen molar-refractivity contribution in [2.75, 3.05) is 10.0 Å². The van der Waals surface area contributed by atoms with E-state index >= 15 is 0 Å². The summed E-state index contributed by atoms with van der Waals surface area (Å²) in [4.78, 5) is 12.7. The zero-order valence-electron chi connectivity index (χ0n) is 16.4. The van der Waals surface area contributed by atoms with Gasteiger partial charge in [-0.1, -0.05) is 18.2 Å². The second-order valence-electron chi connectivity index (χ2n) is 7.00. The van der Waals surface area contributed by atoms with Gasteiger partial charge in [-0.25, -0.2) is 8.42 Å². The van der Waals surface area contributed by atoms with E-state index in [-0.39, 0.29) is 16.5 Å². The summed E-state index contributed by atoms with van der Waals surface area (Å²) in [6.45, 7) is 4.03. The Bertz CT molecular complexity index is 1320. The number of amides is 1. The maximum Gasteiger partial charge on any atom is 0.271 e. The van der Waals surface area contributed by atoms with Crippen LogP contribution in [-0.4, -0.2) is 14.3 Å². The molecule has 0 atom stereocenters. The van der Waals surface area contributed by atoms with Crippen molar-refractivity contribution in [3.05, 3.63) is 76.9 Å². The first-order valence-corrected chi connectivity index (χ1v) is 11.6. The number of fused-ring (bicyclic) bond motifs is 1. The Morgan fingerprint density at radius 2 is 1.77 bits per heavy atom. The van der Waals surface area contributed by atoms with Gasteiger partial charge in [-0.15, -0.1) is 11.3 Å². The molecule has 2 heterocycles. The van der Waals surface area contributed by atoms with Crippen LogP contribution in [-0.2, 0) is 21.2 Å². The van der Waals surface area contributed by atoms with E-state index in [9.17, 15) is 13.2 Å². The topological polar surface area (TPSA) is 88.4 Å². The van der Waals surface area contributed by atoms with E-state index in [0.717, 1.165) is 39.0 Å². The van der Waals surface area contributed by atoms with Crippen LogP contribution in [0.3, 0.4) is 0 Å². The molecule has 8 heteroatoms. The zero-order chi connectivity index (χ0) is 21.3. The molecule has 0 spiro atoms. The van der Waals surface area contributed by atoms with Crippen LogP contribution in [0.5, 0.6) is 0 Å². The first-order valence-electron chi connectivity index (χ1n) is 9.26. The summed E-state index contributed by atoms with van der Waals surface area (Å²) in [6, 6.07) is 13.9. The minimum Gasteiger partial charge on any atom is -0.464 e. The van der Waals surface area contributed by atoms with Crippen LogP contribution in [0.4, 0.5) is 11.4 Å². The van der Waals surface area contributed by atoms with Crippen LogP contribution in [0, 0.1) is 13.8 Å². The maximum absolute atomic E-state index is 12.7. The van der Waals surface area contributed by atoms with Gasteiger partial charge in [-0.3, -0.25) is 9.52 Å². The van der Waals surface area contributed by atoms with E-state index < -0.39 is 10.0 Å². The second kappa shape index (κ2) is 7.97. The fraction of sp³-hybridized carbons (Fsp3) is 0.136. The van der Waals surface area contributed by atoms with Crippen molar-refractivity contribution in [1.29, 1.82) is 0 Å². The average molecular weight is 441 g/mol. The Morgan fingerprint density at radius 1 is 1.03 bits per heavy atom. The largest absolute Gasteiger partial charge is 0.464 e. The highest BCUT2D eigenvalue weighted by molar-refractivity contribution is 7.94. The minimum absolute atomic E-state index is 0.113. The van der Waals surface area contributed by atoms with Gasteiger partial charge >= 0.3 is 0 Å². The van der Waals surface area contributed by atoms with Crippen LogP contribution in [0.25, 0.3) is 11.0 Å². The fourth-order valence-electron chi connectivity index (χ4n) is 3.13. The molecule has 4 rings (SSSR count). The van der Waals surface area contributed by atoms with Crippen LogP contribution < -0.4 is 10.0 Å². The van der Waals surface area contributed by atoms with Crippen molar-refractivity contribution < 1.29 is 17.6 Å². The molecule has 30 heavy (non-hydrogen) atoms. The van der Waals surface area contributed by atoms with E-state index in [0.29, 0.717) is 11.4 Å². The number of carbonyl (C=O) groups excluding carboxylic acids is 1. The highest BCUT2D eigenvalue weighted by atomic mass is 32.2. The molecule has 0 saturated heterocycles. The third kappa shape index (κ3) is 4.10. The Kier molecular flexibility index (Phi) is 5.36. The number of thiophene rings is 1. The molecule has 0 fully saturated rings. The Balaban J connectivity index is 1.54. The first kappa shape index (κ1) is 20.2. The van der Waals surface area contributed by atoms with E-state index in [1.54, 1.807) is 42.0 Å². The zero-order valence-corrected chi connectivity index (χ0v) is 18.1. The molecule has 2 aromatic carbocycles. The molecule has 0 aliphatic heterocycles. The molecule has 0 unspecified atom stereocenters. The van der Waals surface area contributed by atoms with Crippen molar-refractivity contribution in [3.8, 4) is 0 Å². The van der Waals surface area contributed by atoms with Gasteiger partial charge in [0, 0.05) is 10.9 Å². The van der Waals surface area contributed by atoms with E-state index in [1.807, 2.05) is 26.0 Å². The average Bonchev–Trinajstić information content (AvgIpc) is 3.35.